The van der Waals surface area contributed by atoms with Crippen molar-refractivity contribution in [1.82, 2.24) is 9.80 Å². The second kappa shape index (κ2) is 8.46. The molecule has 0 aromatic carbocycles. The molecule has 2 atom stereocenters. The Morgan fingerprint density at radius 1 is 1.17 bits per heavy atom. The van der Waals surface area contributed by atoms with Gasteiger partial charge in [-0.25, -0.2) is 9.59 Å². The van der Waals surface area contributed by atoms with E-state index < -0.39 is 17.6 Å². The fourth-order valence-electron chi connectivity index (χ4n) is 2.71. The minimum atomic E-state index is -0.891. The molecule has 1 heterocycles. The number of esters is 1. The molecular weight excluding hydrogens is 312 g/mol. The van der Waals surface area contributed by atoms with E-state index in [2.05, 4.69) is 0 Å². The average Bonchev–Trinajstić information content (AvgIpc) is 2.45. The Morgan fingerprint density at radius 2 is 1.79 bits per heavy atom. The first-order valence-corrected chi connectivity index (χ1v) is 8.53. The molecule has 7 heteroatoms. The highest BCUT2D eigenvalue weighted by atomic mass is 16.6. The number of carbonyl (C=O) groups is 3. The standard InChI is InChI=1S/C17H30N2O5/c1-7-13(20)14(15(21)23-8-2)18-9-10-19(12(3)11-18)16(22)24-17(4,5)6/h12,14H,7-11H2,1-6H3/t12-,14?/m1/s1. The molecule has 7 nitrogen and oxygen atoms in total. The molecule has 1 aliphatic rings. The predicted octanol–water partition coefficient (Wildman–Crippen LogP) is 1.84. The number of ketones is 1. The second-order valence-corrected chi connectivity index (χ2v) is 6.99. The Labute approximate surface area is 144 Å². The van der Waals surface area contributed by atoms with Gasteiger partial charge in [0.2, 0.25) is 0 Å². The van der Waals surface area contributed by atoms with Gasteiger partial charge in [-0.3, -0.25) is 9.69 Å². The van der Waals surface area contributed by atoms with Crippen molar-refractivity contribution in [3.8, 4) is 0 Å². The van der Waals surface area contributed by atoms with Crippen LogP contribution in [0.2, 0.25) is 0 Å². The molecule has 1 saturated heterocycles. The van der Waals surface area contributed by atoms with Crippen molar-refractivity contribution in [2.24, 2.45) is 0 Å². The molecule has 1 fully saturated rings. The molecule has 0 radical (unpaired) electrons. The molecule has 24 heavy (non-hydrogen) atoms. The summed E-state index contributed by atoms with van der Waals surface area (Å²) in [6, 6.07) is -1.05. The normalized spacial score (nSPS) is 20.4. The Bertz CT molecular complexity index is 472. The predicted molar refractivity (Wildman–Crippen MR) is 89.7 cm³/mol. The van der Waals surface area contributed by atoms with Crippen LogP contribution in [0, 0.1) is 0 Å². The summed E-state index contributed by atoms with van der Waals surface area (Å²) in [5.74, 6) is -0.673. The van der Waals surface area contributed by atoms with E-state index in [-0.39, 0.29) is 30.9 Å². The molecule has 0 saturated carbocycles. The molecule has 0 aromatic heterocycles. The summed E-state index contributed by atoms with van der Waals surface area (Å²) >= 11 is 0. The van der Waals surface area contributed by atoms with Crippen LogP contribution in [0.25, 0.3) is 0 Å². The van der Waals surface area contributed by atoms with E-state index in [0.717, 1.165) is 0 Å². The van der Waals surface area contributed by atoms with Gasteiger partial charge in [0.05, 0.1) is 6.61 Å². The number of carbonyl (C=O) groups excluding carboxylic acids is 3. The van der Waals surface area contributed by atoms with Crippen LogP contribution in [0.15, 0.2) is 0 Å². The van der Waals surface area contributed by atoms with Gasteiger partial charge in [-0.2, -0.15) is 0 Å². The lowest BCUT2D eigenvalue weighted by atomic mass is 10.1. The summed E-state index contributed by atoms with van der Waals surface area (Å²) in [5, 5.41) is 0. The SMILES string of the molecule is CCOC(=O)C(C(=O)CC)N1CCN(C(=O)OC(C)(C)C)[C@H](C)C1. The maximum absolute atomic E-state index is 12.3. The molecular formula is C17H30N2O5. The van der Waals surface area contributed by atoms with Gasteiger partial charge in [-0.15, -0.1) is 0 Å². The van der Waals surface area contributed by atoms with Crippen LogP contribution in [0.1, 0.15) is 48.0 Å². The topological polar surface area (TPSA) is 76.2 Å². The summed E-state index contributed by atoms with van der Waals surface area (Å²) in [7, 11) is 0. The Hall–Kier alpha value is -1.63. The van der Waals surface area contributed by atoms with Crippen molar-refractivity contribution in [1.29, 1.82) is 0 Å². The molecule has 0 aromatic rings. The van der Waals surface area contributed by atoms with Crippen molar-refractivity contribution in [3.05, 3.63) is 0 Å². The van der Waals surface area contributed by atoms with Crippen LogP contribution in [-0.4, -0.2) is 71.6 Å². The molecule has 0 bridgehead atoms. The molecule has 1 unspecified atom stereocenters. The minimum absolute atomic E-state index is 0.157. The van der Waals surface area contributed by atoms with Crippen LogP contribution in [-0.2, 0) is 19.1 Å². The molecule has 1 amide bonds. The van der Waals surface area contributed by atoms with Crippen molar-refractivity contribution in [2.45, 2.75) is 65.6 Å². The Morgan fingerprint density at radius 3 is 2.25 bits per heavy atom. The highest BCUT2D eigenvalue weighted by Gasteiger charge is 2.39. The summed E-state index contributed by atoms with van der Waals surface area (Å²) in [6.07, 6.45) is -0.103. The summed E-state index contributed by atoms with van der Waals surface area (Å²) < 4.78 is 10.5. The molecule has 0 aliphatic carbocycles. The van der Waals surface area contributed by atoms with E-state index in [0.29, 0.717) is 19.6 Å². The molecule has 1 rings (SSSR count). The lowest BCUT2D eigenvalue weighted by Crippen LogP contribution is -2.60. The Balaban J connectivity index is 2.79. The first-order chi connectivity index (χ1) is 11.1. The van der Waals surface area contributed by atoms with Crippen LogP contribution < -0.4 is 0 Å². The van der Waals surface area contributed by atoms with E-state index in [4.69, 9.17) is 9.47 Å². The maximum Gasteiger partial charge on any atom is 0.410 e. The molecule has 0 N–H and O–H groups in total. The Kier molecular flexibility index (Phi) is 7.20. The van der Waals surface area contributed by atoms with Crippen molar-refractivity contribution >= 4 is 17.8 Å². The molecule has 138 valence electrons. The lowest BCUT2D eigenvalue weighted by molar-refractivity contribution is -0.154. The number of rotatable bonds is 5. The fourth-order valence-corrected chi connectivity index (χ4v) is 2.71. The number of Topliss-reactive ketones (excluding diaryl/α,β-unsaturated/α-hetero) is 1. The first-order valence-electron chi connectivity index (χ1n) is 8.53. The summed E-state index contributed by atoms with van der Waals surface area (Å²) in [5.41, 5.74) is -0.556. The lowest BCUT2D eigenvalue weighted by Gasteiger charge is -2.42. The van der Waals surface area contributed by atoms with Crippen LogP contribution in [0.3, 0.4) is 0 Å². The third-order valence-corrected chi connectivity index (χ3v) is 3.82. The van der Waals surface area contributed by atoms with Gasteiger partial charge >= 0.3 is 12.1 Å². The van der Waals surface area contributed by atoms with Gasteiger partial charge in [-0.1, -0.05) is 6.92 Å². The van der Waals surface area contributed by atoms with Gasteiger partial charge in [0.1, 0.15) is 5.60 Å². The number of piperazine rings is 1. The van der Waals surface area contributed by atoms with E-state index in [1.807, 2.05) is 27.7 Å². The number of nitrogens with zero attached hydrogens (tertiary/aromatic N) is 2. The monoisotopic (exact) mass is 342 g/mol. The summed E-state index contributed by atoms with van der Waals surface area (Å²) in [4.78, 5) is 40.0. The van der Waals surface area contributed by atoms with Crippen molar-refractivity contribution < 1.29 is 23.9 Å². The van der Waals surface area contributed by atoms with Crippen LogP contribution >= 0.6 is 0 Å². The zero-order chi connectivity index (χ0) is 18.5. The smallest absolute Gasteiger partial charge is 0.410 e. The zero-order valence-electron chi connectivity index (χ0n) is 15.6. The highest BCUT2D eigenvalue weighted by Crippen LogP contribution is 2.18. The van der Waals surface area contributed by atoms with Gasteiger partial charge < -0.3 is 14.4 Å². The summed E-state index contributed by atoms with van der Waals surface area (Å²) in [6.45, 7) is 12.3. The first kappa shape index (κ1) is 20.4. The highest BCUT2D eigenvalue weighted by molar-refractivity contribution is 6.03. The largest absolute Gasteiger partial charge is 0.464 e. The minimum Gasteiger partial charge on any atom is -0.464 e. The van der Waals surface area contributed by atoms with Crippen LogP contribution in [0.4, 0.5) is 4.79 Å². The number of ether oxygens (including phenoxy) is 2. The van der Waals surface area contributed by atoms with Gasteiger partial charge in [0, 0.05) is 32.1 Å². The number of amides is 1. The molecule has 0 spiro atoms. The fraction of sp³-hybridized carbons (Fsp3) is 0.824. The second-order valence-electron chi connectivity index (χ2n) is 6.99. The maximum atomic E-state index is 12.3. The van der Waals surface area contributed by atoms with E-state index in [1.165, 1.54) is 0 Å². The van der Waals surface area contributed by atoms with Crippen LogP contribution in [0.5, 0.6) is 0 Å². The van der Waals surface area contributed by atoms with E-state index >= 15 is 0 Å². The van der Waals surface area contributed by atoms with Gasteiger partial charge in [-0.05, 0) is 34.6 Å². The van der Waals surface area contributed by atoms with Gasteiger partial charge in [0.25, 0.3) is 0 Å². The third kappa shape index (κ3) is 5.47. The number of hydrogen-bond acceptors (Lipinski definition) is 6. The van der Waals surface area contributed by atoms with Crippen molar-refractivity contribution in [3.63, 3.8) is 0 Å². The average molecular weight is 342 g/mol. The quantitative estimate of drug-likeness (QED) is 0.560. The third-order valence-electron chi connectivity index (χ3n) is 3.82. The van der Waals surface area contributed by atoms with Crippen molar-refractivity contribution in [2.75, 3.05) is 26.2 Å². The van der Waals surface area contributed by atoms with Gasteiger partial charge in [0.15, 0.2) is 11.8 Å². The van der Waals surface area contributed by atoms with E-state index in [1.54, 1.807) is 23.6 Å². The van der Waals surface area contributed by atoms with E-state index in [9.17, 15) is 14.4 Å². The number of hydrogen-bond donors (Lipinski definition) is 0. The zero-order valence-corrected chi connectivity index (χ0v) is 15.6. The molecule has 1 aliphatic heterocycles.